The van der Waals surface area contributed by atoms with Crippen molar-refractivity contribution < 1.29 is 14.3 Å². The maximum Gasteiger partial charge on any atom is 0.410 e. The van der Waals surface area contributed by atoms with Crippen LogP contribution >= 0.6 is 0 Å². The molecule has 0 aliphatic carbocycles. The first-order valence-corrected chi connectivity index (χ1v) is 10.8. The Morgan fingerprint density at radius 3 is 2.11 bits per heavy atom. The molecule has 0 saturated carbocycles. The monoisotopic (exact) mass is 394 g/mol. The quantitative estimate of drug-likeness (QED) is 0.638. The Morgan fingerprint density at radius 2 is 1.64 bits per heavy atom. The zero-order chi connectivity index (χ0) is 21.7. The Kier molecular flexibility index (Phi) is 12.6. The molecule has 2 rings (SSSR count). The molecule has 1 atom stereocenters. The van der Waals surface area contributed by atoms with Gasteiger partial charge in [-0.2, -0.15) is 0 Å². The lowest BCUT2D eigenvalue weighted by Gasteiger charge is -2.34. The fourth-order valence-electron chi connectivity index (χ4n) is 2.83. The number of carbonyl (C=O) groups is 1. The third-order valence-corrected chi connectivity index (χ3v) is 4.11. The molecule has 0 spiro atoms. The smallest absolute Gasteiger partial charge is 0.410 e. The molecule has 1 heterocycles. The number of morpholine rings is 1. The molecule has 1 amide bonds. The molecule has 5 heteroatoms. The number of carbonyl (C=O) groups excluding carboxylic acids is 1. The van der Waals surface area contributed by atoms with Crippen molar-refractivity contribution in [1.82, 2.24) is 4.90 Å². The first-order valence-electron chi connectivity index (χ1n) is 10.8. The summed E-state index contributed by atoms with van der Waals surface area (Å²) in [5, 5.41) is 0. The molecule has 0 aromatic heterocycles. The lowest BCUT2D eigenvalue weighted by atomic mass is 10.1. The van der Waals surface area contributed by atoms with Gasteiger partial charge in [-0.3, -0.25) is 0 Å². The molecule has 1 aromatic carbocycles. The lowest BCUT2D eigenvalue weighted by molar-refractivity contribution is -0.0432. The molecule has 28 heavy (non-hydrogen) atoms. The zero-order valence-corrected chi connectivity index (χ0v) is 19.5. The van der Waals surface area contributed by atoms with E-state index in [1.807, 2.05) is 48.5 Å². The van der Waals surface area contributed by atoms with E-state index in [0.29, 0.717) is 19.7 Å². The molecular weight excluding hydrogens is 352 g/mol. The van der Waals surface area contributed by atoms with Crippen molar-refractivity contribution in [3.05, 3.63) is 29.8 Å². The lowest BCUT2D eigenvalue weighted by Crippen LogP contribution is -2.44. The molecule has 0 N–H and O–H groups in total. The van der Waals surface area contributed by atoms with Crippen molar-refractivity contribution in [3.63, 3.8) is 0 Å². The molecule has 1 aliphatic rings. The van der Waals surface area contributed by atoms with Gasteiger partial charge in [0.25, 0.3) is 0 Å². The summed E-state index contributed by atoms with van der Waals surface area (Å²) in [4.78, 5) is 16.3. The van der Waals surface area contributed by atoms with Gasteiger partial charge in [0.05, 0.1) is 13.2 Å². The molecule has 1 aromatic rings. The van der Waals surface area contributed by atoms with Crippen LogP contribution in [-0.2, 0) is 9.47 Å². The van der Waals surface area contributed by atoms with Gasteiger partial charge in [-0.05, 0) is 52.3 Å². The minimum Gasteiger partial charge on any atom is -0.444 e. The van der Waals surface area contributed by atoms with Crippen molar-refractivity contribution in [2.45, 2.75) is 74.0 Å². The second kappa shape index (κ2) is 13.4. The summed E-state index contributed by atoms with van der Waals surface area (Å²) in [6.45, 7) is 21.6. The summed E-state index contributed by atoms with van der Waals surface area (Å²) in [5.74, 6) is 0. The SMILES string of the molecule is CC.CC.CCN(CC)c1ccc(C2CN(C(=O)OC(C)(C)C)CCO2)cc1. The van der Waals surface area contributed by atoms with Crippen LogP contribution in [-0.4, -0.2) is 49.4 Å². The van der Waals surface area contributed by atoms with Crippen molar-refractivity contribution in [1.29, 1.82) is 0 Å². The number of amides is 1. The molecule has 162 valence electrons. The van der Waals surface area contributed by atoms with Crippen molar-refractivity contribution >= 4 is 11.8 Å². The summed E-state index contributed by atoms with van der Waals surface area (Å²) in [6.07, 6.45) is -0.368. The molecule has 1 saturated heterocycles. The second-order valence-corrected chi connectivity index (χ2v) is 7.05. The van der Waals surface area contributed by atoms with Crippen LogP contribution in [0.25, 0.3) is 0 Å². The molecule has 0 radical (unpaired) electrons. The van der Waals surface area contributed by atoms with Gasteiger partial charge >= 0.3 is 6.09 Å². The van der Waals surface area contributed by atoms with E-state index in [-0.39, 0.29) is 12.2 Å². The summed E-state index contributed by atoms with van der Waals surface area (Å²) in [7, 11) is 0. The number of ether oxygens (including phenoxy) is 2. The Labute approximate surface area is 173 Å². The van der Waals surface area contributed by atoms with Crippen LogP contribution in [0.3, 0.4) is 0 Å². The first-order chi connectivity index (χ1) is 13.3. The van der Waals surface area contributed by atoms with Gasteiger partial charge in [-0.25, -0.2) is 4.79 Å². The van der Waals surface area contributed by atoms with Crippen molar-refractivity contribution in [3.8, 4) is 0 Å². The molecular formula is C23H42N2O3. The fraction of sp³-hybridized carbons (Fsp3) is 0.696. The third-order valence-electron chi connectivity index (χ3n) is 4.11. The molecule has 5 nitrogen and oxygen atoms in total. The molecule has 0 bridgehead atoms. The van der Waals surface area contributed by atoms with Crippen LogP contribution in [0.4, 0.5) is 10.5 Å². The minimum atomic E-state index is -0.476. The van der Waals surface area contributed by atoms with Crippen LogP contribution in [0.1, 0.15) is 74.0 Å². The standard InChI is InChI=1S/C19H30N2O3.2C2H6/c1-6-20(7-2)16-10-8-15(9-11-16)17-14-21(12-13-23-17)18(22)24-19(3,4)5;2*1-2/h8-11,17H,6-7,12-14H2,1-5H3;2*1-2H3. The van der Waals surface area contributed by atoms with Gasteiger partial charge in [0.2, 0.25) is 0 Å². The number of hydrogen-bond donors (Lipinski definition) is 0. The van der Waals surface area contributed by atoms with Crippen LogP contribution in [0.2, 0.25) is 0 Å². The van der Waals surface area contributed by atoms with E-state index in [1.54, 1.807) is 4.90 Å². The largest absolute Gasteiger partial charge is 0.444 e. The number of rotatable bonds is 4. The van der Waals surface area contributed by atoms with Gasteiger partial charge in [-0.15, -0.1) is 0 Å². The van der Waals surface area contributed by atoms with Crippen LogP contribution < -0.4 is 4.90 Å². The third kappa shape index (κ3) is 8.51. The van der Waals surface area contributed by atoms with E-state index in [1.165, 1.54) is 5.69 Å². The molecule has 1 aliphatic heterocycles. The van der Waals surface area contributed by atoms with Gasteiger partial charge in [0.1, 0.15) is 11.7 Å². The number of hydrogen-bond acceptors (Lipinski definition) is 4. The summed E-state index contributed by atoms with van der Waals surface area (Å²) in [6, 6.07) is 8.43. The highest BCUT2D eigenvalue weighted by Crippen LogP contribution is 2.25. The molecule has 1 unspecified atom stereocenters. The van der Waals surface area contributed by atoms with Gasteiger partial charge in [0.15, 0.2) is 0 Å². The van der Waals surface area contributed by atoms with E-state index in [4.69, 9.17) is 9.47 Å². The van der Waals surface area contributed by atoms with Crippen molar-refractivity contribution in [2.75, 3.05) is 37.7 Å². The maximum absolute atomic E-state index is 12.3. The number of benzene rings is 1. The van der Waals surface area contributed by atoms with E-state index < -0.39 is 5.60 Å². The normalized spacial score (nSPS) is 16.2. The van der Waals surface area contributed by atoms with E-state index in [0.717, 1.165) is 18.7 Å². The van der Waals surface area contributed by atoms with Crippen molar-refractivity contribution in [2.24, 2.45) is 0 Å². The molecule has 1 fully saturated rings. The highest BCUT2D eigenvalue weighted by atomic mass is 16.6. The van der Waals surface area contributed by atoms with E-state index in [2.05, 4.69) is 43.0 Å². The Hall–Kier alpha value is -1.75. The highest BCUT2D eigenvalue weighted by Gasteiger charge is 2.28. The topological polar surface area (TPSA) is 42.0 Å². The van der Waals surface area contributed by atoms with Gasteiger partial charge in [-0.1, -0.05) is 39.8 Å². The average Bonchev–Trinajstić information content (AvgIpc) is 2.71. The first kappa shape index (κ1) is 26.2. The maximum atomic E-state index is 12.3. The number of nitrogens with zero attached hydrogens (tertiary/aromatic N) is 2. The Morgan fingerprint density at radius 1 is 1.11 bits per heavy atom. The summed E-state index contributed by atoms with van der Waals surface area (Å²) < 4.78 is 11.3. The van der Waals surface area contributed by atoms with E-state index >= 15 is 0 Å². The number of anilines is 1. The van der Waals surface area contributed by atoms with E-state index in [9.17, 15) is 4.79 Å². The Balaban J connectivity index is 0.00000171. The summed E-state index contributed by atoms with van der Waals surface area (Å²) in [5.41, 5.74) is 1.83. The average molecular weight is 395 g/mol. The van der Waals surface area contributed by atoms with Crippen LogP contribution in [0, 0.1) is 0 Å². The predicted octanol–water partition coefficient (Wildman–Crippen LogP) is 5.89. The fourth-order valence-corrected chi connectivity index (χ4v) is 2.83. The summed E-state index contributed by atoms with van der Waals surface area (Å²) >= 11 is 0. The second-order valence-electron chi connectivity index (χ2n) is 7.05. The minimum absolute atomic E-state index is 0.1000. The zero-order valence-electron chi connectivity index (χ0n) is 19.5. The van der Waals surface area contributed by atoms with Gasteiger partial charge in [0, 0.05) is 25.3 Å². The van der Waals surface area contributed by atoms with Crippen LogP contribution in [0.15, 0.2) is 24.3 Å². The Bertz CT molecular complexity index is 534. The highest BCUT2D eigenvalue weighted by molar-refractivity contribution is 5.68. The van der Waals surface area contributed by atoms with Gasteiger partial charge < -0.3 is 19.3 Å². The predicted molar refractivity (Wildman–Crippen MR) is 119 cm³/mol. The van der Waals surface area contributed by atoms with Crippen LogP contribution in [0.5, 0.6) is 0 Å².